The van der Waals surface area contributed by atoms with Crippen molar-refractivity contribution in [2.45, 2.75) is 25.8 Å². The second-order valence-electron chi connectivity index (χ2n) is 7.57. The summed E-state index contributed by atoms with van der Waals surface area (Å²) < 4.78 is 6.97. The van der Waals surface area contributed by atoms with Crippen molar-refractivity contribution in [2.75, 3.05) is 23.3 Å². The molecule has 0 unspecified atom stereocenters. The average molecular weight is 402 g/mol. The van der Waals surface area contributed by atoms with Crippen LogP contribution in [-0.4, -0.2) is 28.5 Å². The monoisotopic (exact) mass is 402 g/mol. The van der Waals surface area contributed by atoms with Crippen molar-refractivity contribution in [3.63, 3.8) is 0 Å². The molecule has 152 valence electrons. The number of para-hydroxylation sites is 3. The molecule has 0 bridgehead atoms. The highest BCUT2D eigenvalue weighted by molar-refractivity contribution is 6.02. The fourth-order valence-electron chi connectivity index (χ4n) is 4.06. The van der Waals surface area contributed by atoms with Crippen LogP contribution in [0.15, 0.2) is 64.1 Å². The van der Waals surface area contributed by atoms with E-state index in [0.29, 0.717) is 11.1 Å². The summed E-state index contributed by atoms with van der Waals surface area (Å²) in [6, 6.07) is 15.2. The molecule has 1 N–H and O–H groups in total. The predicted molar refractivity (Wildman–Crippen MR) is 117 cm³/mol. The SMILES string of the molecule is O=C(Cn1cnc2c(oc3ccccc32)c1=O)Nc1ccccc1N1CCCCC1. The van der Waals surface area contributed by atoms with Gasteiger partial charge in [0.05, 0.1) is 17.7 Å². The van der Waals surface area contributed by atoms with E-state index in [1.165, 1.54) is 17.3 Å². The number of carbonyl (C=O) groups is 1. The van der Waals surface area contributed by atoms with E-state index in [1.807, 2.05) is 42.5 Å². The number of amides is 1. The smallest absolute Gasteiger partial charge is 0.297 e. The molecule has 2 aromatic heterocycles. The second-order valence-corrected chi connectivity index (χ2v) is 7.57. The third-order valence-corrected chi connectivity index (χ3v) is 5.54. The van der Waals surface area contributed by atoms with Gasteiger partial charge in [-0.2, -0.15) is 0 Å². The van der Waals surface area contributed by atoms with Crippen LogP contribution in [0.5, 0.6) is 0 Å². The number of anilines is 2. The summed E-state index contributed by atoms with van der Waals surface area (Å²) in [5.74, 6) is -0.279. The Morgan fingerprint density at radius 1 is 1.03 bits per heavy atom. The Kier molecular flexibility index (Phi) is 4.71. The summed E-state index contributed by atoms with van der Waals surface area (Å²) in [6.07, 6.45) is 4.95. The molecule has 0 aliphatic carbocycles. The molecule has 7 nitrogen and oxygen atoms in total. The number of piperidine rings is 1. The van der Waals surface area contributed by atoms with Gasteiger partial charge in [-0.1, -0.05) is 24.3 Å². The predicted octanol–water partition coefficient (Wildman–Crippen LogP) is 3.77. The van der Waals surface area contributed by atoms with E-state index in [0.717, 1.165) is 42.7 Å². The highest BCUT2D eigenvalue weighted by Crippen LogP contribution is 2.28. The lowest BCUT2D eigenvalue weighted by Crippen LogP contribution is -2.31. The summed E-state index contributed by atoms with van der Waals surface area (Å²) in [7, 11) is 0. The largest absolute Gasteiger partial charge is 0.448 e. The summed E-state index contributed by atoms with van der Waals surface area (Å²) in [6.45, 7) is 1.84. The van der Waals surface area contributed by atoms with Crippen LogP contribution >= 0.6 is 0 Å². The Hall–Kier alpha value is -3.61. The number of carbonyl (C=O) groups excluding carboxylic acids is 1. The molecule has 30 heavy (non-hydrogen) atoms. The fraction of sp³-hybridized carbons (Fsp3) is 0.261. The first-order chi connectivity index (χ1) is 14.7. The minimum absolute atomic E-state index is 0.132. The highest BCUT2D eigenvalue weighted by atomic mass is 16.3. The van der Waals surface area contributed by atoms with Crippen LogP contribution in [0.1, 0.15) is 19.3 Å². The molecular formula is C23H22N4O3. The van der Waals surface area contributed by atoms with Crippen LogP contribution in [0.25, 0.3) is 22.1 Å². The van der Waals surface area contributed by atoms with Crippen LogP contribution in [0, 0.1) is 0 Å². The van der Waals surface area contributed by atoms with Crippen molar-refractivity contribution >= 4 is 39.4 Å². The van der Waals surface area contributed by atoms with E-state index < -0.39 is 0 Å². The Balaban J connectivity index is 1.40. The van der Waals surface area contributed by atoms with Gasteiger partial charge in [-0.3, -0.25) is 14.2 Å². The molecule has 1 aliphatic heterocycles. The quantitative estimate of drug-likeness (QED) is 0.562. The van der Waals surface area contributed by atoms with Gasteiger partial charge < -0.3 is 14.6 Å². The van der Waals surface area contributed by atoms with Crippen LogP contribution in [0.4, 0.5) is 11.4 Å². The first-order valence-corrected chi connectivity index (χ1v) is 10.2. The lowest BCUT2D eigenvalue weighted by Gasteiger charge is -2.30. The van der Waals surface area contributed by atoms with Gasteiger partial charge in [-0.25, -0.2) is 4.98 Å². The van der Waals surface area contributed by atoms with Crippen molar-refractivity contribution < 1.29 is 9.21 Å². The van der Waals surface area contributed by atoms with Crippen LogP contribution < -0.4 is 15.8 Å². The maximum Gasteiger partial charge on any atom is 0.297 e. The number of fused-ring (bicyclic) bond motifs is 3. The molecule has 0 radical (unpaired) electrons. The molecule has 1 aliphatic rings. The normalized spacial score (nSPS) is 14.3. The number of aromatic nitrogens is 2. The molecule has 0 atom stereocenters. The summed E-state index contributed by atoms with van der Waals surface area (Å²) in [5, 5.41) is 3.75. The zero-order valence-corrected chi connectivity index (χ0v) is 16.5. The lowest BCUT2D eigenvalue weighted by atomic mass is 10.1. The molecule has 5 rings (SSSR count). The van der Waals surface area contributed by atoms with E-state index in [1.54, 1.807) is 6.07 Å². The Bertz CT molecular complexity index is 1280. The molecule has 1 saturated heterocycles. The van der Waals surface area contributed by atoms with Gasteiger partial charge >= 0.3 is 0 Å². The number of rotatable bonds is 4. The van der Waals surface area contributed by atoms with Crippen molar-refractivity contribution in [3.05, 3.63) is 65.2 Å². The summed E-state index contributed by atoms with van der Waals surface area (Å²) >= 11 is 0. The van der Waals surface area contributed by atoms with E-state index >= 15 is 0 Å². The van der Waals surface area contributed by atoms with Crippen molar-refractivity contribution in [3.8, 4) is 0 Å². The molecule has 0 saturated carbocycles. The lowest BCUT2D eigenvalue weighted by molar-refractivity contribution is -0.116. The minimum atomic E-state index is -0.365. The first-order valence-electron chi connectivity index (χ1n) is 10.2. The van der Waals surface area contributed by atoms with E-state index in [2.05, 4.69) is 15.2 Å². The van der Waals surface area contributed by atoms with Gasteiger partial charge in [0.2, 0.25) is 11.5 Å². The topological polar surface area (TPSA) is 80.4 Å². The molecule has 0 spiro atoms. The van der Waals surface area contributed by atoms with Gasteiger partial charge in [0.25, 0.3) is 5.56 Å². The maximum absolute atomic E-state index is 12.8. The van der Waals surface area contributed by atoms with Gasteiger partial charge in [0, 0.05) is 18.5 Å². The fourth-order valence-corrected chi connectivity index (χ4v) is 4.06. The number of furan rings is 1. The second kappa shape index (κ2) is 7.67. The third-order valence-electron chi connectivity index (χ3n) is 5.54. The van der Waals surface area contributed by atoms with Crippen molar-refractivity contribution in [1.29, 1.82) is 0 Å². The minimum Gasteiger partial charge on any atom is -0.448 e. The molecule has 7 heteroatoms. The number of benzene rings is 2. The summed E-state index contributed by atoms with van der Waals surface area (Å²) in [4.78, 5) is 32.2. The van der Waals surface area contributed by atoms with Crippen molar-refractivity contribution in [1.82, 2.24) is 9.55 Å². The standard InChI is InChI=1S/C23H22N4O3/c28-20(25-17-9-3-4-10-18(17)26-12-6-1-7-13-26)14-27-15-24-21-16-8-2-5-11-19(16)30-22(21)23(27)29/h2-5,8-11,15H,1,6-7,12-14H2,(H,25,28). The number of nitrogens with one attached hydrogen (secondary N) is 1. The number of hydrogen-bond acceptors (Lipinski definition) is 5. The van der Waals surface area contributed by atoms with Gasteiger partial charge in [0.1, 0.15) is 17.6 Å². The average Bonchev–Trinajstić information content (AvgIpc) is 3.16. The Morgan fingerprint density at radius 3 is 2.67 bits per heavy atom. The van der Waals surface area contributed by atoms with Gasteiger partial charge in [0.15, 0.2) is 0 Å². The van der Waals surface area contributed by atoms with E-state index in [-0.39, 0.29) is 23.6 Å². The van der Waals surface area contributed by atoms with Crippen LogP contribution in [0.3, 0.4) is 0 Å². The molecule has 3 heterocycles. The number of hydrogen-bond donors (Lipinski definition) is 1. The maximum atomic E-state index is 12.8. The highest BCUT2D eigenvalue weighted by Gasteiger charge is 2.17. The molecule has 4 aromatic rings. The molecule has 2 aromatic carbocycles. The van der Waals surface area contributed by atoms with Crippen molar-refractivity contribution in [2.24, 2.45) is 0 Å². The van der Waals surface area contributed by atoms with Crippen LogP contribution in [0.2, 0.25) is 0 Å². The Labute approximate surface area is 172 Å². The molecule has 1 amide bonds. The molecule has 1 fully saturated rings. The molecular weight excluding hydrogens is 380 g/mol. The summed E-state index contributed by atoms with van der Waals surface area (Å²) in [5.41, 5.74) is 2.70. The Morgan fingerprint density at radius 2 is 1.80 bits per heavy atom. The van der Waals surface area contributed by atoms with E-state index in [9.17, 15) is 9.59 Å². The number of nitrogens with zero attached hydrogens (tertiary/aromatic N) is 3. The van der Waals surface area contributed by atoms with E-state index in [4.69, 9.17) is 4.42 Å². The van der Waals surface area contributed by atoms with Gasteiger partial charge in [-0.15, -0.1) is 0 Å². The zero-order chi connectivity index (χ0) is 20.5. The first kappa shape index (κ1) is 18.4. The van der Waals surface area contributed by atoms with Crippen LogP contribution in [-0.2, 0) is 11.3 Å². The zero-order valence-electron chi connectivity index (χ0n) is 16.5. The van der Waals surface area contributed by atoms with Gasteiger partial charge in [-0.05, 0) is 43.5 Å². The third kappa shape index (κ3) is 3.32.